The number of benzene rings is 6. The average Bonchev–Trinajstić information content (AvgIpc) is 3.04. The molecule has 198 valence electrons. The summed E-state index contributed by atoms with van der Waals surface area (Å²) in [5.41, 5.74) is 12.9. The van der Waals surface area contributed by atoms with E-state index in [-0.39, 0.29) is 5.41 Å². The molecule has 1 aliphatic carbocycles. The molecule has 3 nitrogen and oxygen atoms in total. The van der Waals surface area contributed by atoms with Crippen LogP contribution in [0.4, 0.5) is 17.3 Å². The highest BCUT2D eigenvalue weighted by Gasteiger charge is 2.37. The van der Waals surface area contributed by atoms with E-state index < -0.39 is 0 Å². The van der Waals surface area contributed by atoms with Crippen molar-refractivity contribution in [2.75, 3.05) is 4.90 Å². The third-order valence-corrected chi connectivity index (χ3v) is 9.22. The van der Waals surface area contributed by atoms with Crippen LogP contribution in [0.2, 0.25) is 0 Å². The van der Waals surface area contributed by atoms with Gasteiger partial charge >= 0.3 is 0 Å². The summed E-state index contributed by atoms with van der Waals surface area (Å²) in [6.45, 7) is 4.71. The zero-order chi connectivity index (χ0) is 28.0. The van der Waals surface area contributed by atoms with Crippen LogP contribution in [0.3, 0.4) is 0 Å². The Bertz CT molecular complexity index is 2230. The second-order valence-electron chi connectivity index (χ2n) is 11.8. The minimum absolute atomic E-state index is 0.123. The van der Waals surface area contributed by atoms with Crippen LogP contribution in [-0.4, -0.2) is 9.97 Å². The molecular formula is C39H27N3. The summed E-state index contributed by atoms with van der Waals surface area (Å²) in [5, 5.41) is 3.65. The van der Waals surface area contributed by atoms with Crippen molar-refractivity contribution < 1.29 is 0 Å². The van der Waals surface area contributed by atoms with E-state index in [1.54, 1.807) is 0 Å². The molecule has 42 heavy (non-hydrogen) atoms. The van der Waals surface area contributed by atoms with Crippen molar-refractivity contribution in [2.24, 2.45) is 0 Å². The number of nitrogens with zero attached hydrogens (tertiary/aromatic N) is 3. The summed E-state index contributed by atoms with van der Waals surface area (Å²) in [4.78, 5) is 12.8. The Kier molecular flexibility index (Phi) is 4.67. The Balaban J connectivity index is 1.40. The van der Waals surface area contributed by atoms with Gasteiger partial charge in [-0.2, -0.15) is 0 Å². The topological polar surface area (TPSA) is 29.0 Å². The quantitative estimate of drug-likeness (QED) is 0.220. The van der Waals surface area contributed by atoms with Gasteiger partial charge in [-0.05, 0) is 51.4 Å². The SMILES string of the molecule is CC1(C)c2ccccc2-c2ccc3c4c(ccc1c24)N(c1nc(-c2ccccc2)c2ccccc2n1)c1ccccc1-3. The maximum Gasteiger partial charge on any atom is 0.235 e. The first kappa shape index (κ1) is 23.4. The van der Waals surface area contributed by atoms with E-state index >= 15 is 0 Å². The van der Waals surface area contributed by atoms with Gasteiger partial charge in [0.05, 0.1) is 22.6 Å². The monoisotopic (exact) mass is 537 g/mol. The van der Waals surface area contributed by atoms with Gasteiger partial charge in [-0.3, -0.25) is 4.90 Å². The normalized spacial score (nSPS) is 14.1. The van der Waals surface area contributed by atoms with Crippen molar-refractivity contribution in [3.63, 3.8) is 0 Å². The second-order valence-corrected chi connectivity index (χ2v) is 11.8. The molecule has 0 unspecified atom stereocenters. The molecule has 2 heterocycles. The fourth-order valence-electron chi connectivity index (χ4n) is 7.26. The number of hydrogen-bond donors (Lipinski definition) is 0. The summed E-state index contributed by atoms with van der Waals surface area (Å²) in [5.74, 6) is 0.682. The zero-order valence-electron chi connectivity index (χ0n) is 23.5. The summed E-state index contributed by atoms with van der Waals surface area (Å²) in [6.07, 6.45) is 0. The number of fused-ring (bicyclic) bond motifs is 5. The van der Waals surface area contributed by atoms with E-state index in [0.717, 1.165) is 33.5 Å². The Hall–Kier alpha value is -5.28. The highest BCUT2D eigenvalue weighted by molar-refractivity contribution is 6.19. The van der Waals surface area contributed by atoms with Crippen molar-refractivity contribution in [1.29, 1.82) is 0 Å². The molecule has 0 radical (unpaired) electrons. The molecule has 1 aliphatic heterocycles. The fraction of sp³-hybridized carbons (Fsp3) is 0.0769. The minimum atomic E-state index is -0.123. The van der Waals surface area contributed by atoms with Crippen LogP contribution < -0.4 is 4.90 Å². The summed E-state index contributed by atoms with van der Waals surface area (Å²) in [6, 6.07) is 45.6. The number of anilines is 3. The maximum atomic E-state index is 5.31. The average molecular weight is 538 g/mol. The van der Waals surface area contributed by atoms with Gasteiger partial charge < -0.3 is 0 Å². The minimum Gasteiger partial charge on any atom is -0.278 e. The van der Waals surface area contributed by atoms with E-state index in [0.29, 0.717) is 5.95 Å². The van der Waals surface area contributed by atoms with Crippen molar-refractivity contribution in [1.82, 2.24) is 9.97 Å². The standard InChI is InChI=1S/C39H27N3/c1-39(2)30-17-9-6-14-25(30)27-20-21-28-26-15-8-11-19-33(26)42(34-23-22-31(39)35(27)36(28)34)38-40-32-18-10-7-16-29(32)37(41-38)24-12-4-3-5-13-24/h3-23H,1-2H3. The van der Waals surface area contributed by atoms with E-state index in [4.69, 9.17) is 9.97 Å². The molecule has 9 rings (SSSR count). The van der Waals surface area contributed by atoms with Crippen molar-refractivity contribution in [2.45, 2.75) is 19.3 Å². The first-order valence-electron chi connectivity index (χ1n) is 14.5. The van der Waals surface area contributed by atoms with Crippen LogP contribution in [0.25, 0.3) is 55.2 Å². The number of rotatable bonds is 2. The highest BCUT2D eigenvalue weighted by atomic mass is 15.3. The van der Waals surface area contributed by atoms with Crippen LogP contribution in [0, 0.1) is 0 Å². The predicted octanol–water partition coefficient (Wildman–Crippen LogP) is 10.2. The molecule has 2 aliphatic rings. The van der Waals surface area contributed by atoms with Gasteiger partial charge in [0, 0.05) is 27.3 Å². The molecule has 3 heteroatoms. The zero-order valence-corrected chi connectivity index (χ0v) is 23.5. The summed E-state index contributed by atoms with van der Waals surface area (Å²) in [7, 11) is 0. The van der Waals surface area contributed by atoms with Gasteiger partial charge in [-0.25, -0.2) is 9.97 Å². The number of hydrogen-bond acceptors (Lipinski definition) is 3. The summed E-state index contributed by atoms with van der Waals surface area (Å²) >= 11 is 0. The Morgan fingerprint density at radius 1 is 0.500 bits per heavy atom. The molecule has 1 aromatic heterocycles. The lowest BCUT2D eigenvalue weighted by molar-refractivity contribution is 0.645. The fourth-order valence-corrected chi connectivity index (χ4v) is 7.26. The largest absolute Gasteiger partial charge is 0.278 e. The van der Waals surface area contributed by atoms with Crippen LogP contribution >= 0.6 is 0 Å². The van der Waals surface area contributed by atoms with Crippen LogP contribution in [0.15, 0.2) is 127 Å². The van der Waals surface area contributed by atoms with E-state index in [1.165, 1.54) is 44.2 Å². The molecule has 0 bridgehead atoms. The van der Waals surface area contributed by atoms with Crippen molar-refractivity contribution in [3.8, 4) is 33.5 Å². The smallest absolute Gasteiger partial charge is 0.235 e. The van der Waals surface area contributed by atoms with Crippen molar-refractivity contribution in [3.05, 3.63) is 139 Å². The van der Waals surface area contributed by atoms with Crippen molar-refractivity contribution >= 4 is 39.0 Å². The van der Waals surface area contributed by atoms with Gasteiger partial charge in [0.1, 0.15) is 0 Å². The third-order valence-electron chi connectivity index (χ3n) is 9.22. The number of para-hydroxylation sites is 2. The molecule has 0 saturated carbocycles. The lowest BCUT2D eigenvalue weighted by atomic mass is 9.67. The van der Waals surface area contributed by atoms with Gasteiger partial charge in [-0.1, -0.05) is 123 Å². The molecule has 0 atom stereocenters. The molecule has 0 fully saturated rings. The van der Waals surface area contributed by atoms with E-state index in [9.17, 15) is 0 Å². The van der Waals surface area contributed by atoms with Gasteiger partial charge in [-0.15, -0.1) is 0 Å². The molecule has 6 aromatic carbocycles. The Morgan fingerprint density at radius 2 is 1.19 bits per heavy atom. The first-order valence-corrected chi connectivity index (χ1v) is 14.5. The van der Waals surface area contributed by atoms with Gasteiger partial charge in [0.2, 0.25) is 5.95 Å². The molecule has 0 saturated heterocycles. The molecule has 7 aromatic rings. The lowest BCUT2D eigenvalue weighted by Crippen LogP contribution is -2.25. The maximum absolute atomic E-state index is 5.31. The Labute approximate surface area is 244 Å². The van der Waals surface area contributed by atoms with E-state index in [2.05, 4.69) is 140 Å². The summed E-state index contributed by atoms with van der Waals surface area (Å²) < 4.78 is 0. The molecule has 0 N–H and O–H groups in total. The second kappa shape index (κ2) is 8.37. The molecule has 0 amide bonds. The lowest BCUT2D eigenvalue weighted by Gasteiger charge is -2.39. The van der Waals surface area contributed by atoms with E-state index in [1.807, 2.05) is 6.07 Å². The highest BCUT2D eigenvalue weighted by Crippen LogP contribution is 2.57. The predicted molar refractivity (Wildman–Crippen MR) is 174 cm³/mol. The van der Waals surface area contributed by atoms with Crippen LogP contribution in [-0.2, 0) is 5.41 Å². The van der Waals surface area contributed by atoms with Crippen LogP contribution in [0.5, 0.6) is 0 Å². The van der Waals surface area contributed by atoms with Crippen LogP contribution in [0.1, 0.15) is 25.0 Å². The first-order chi connectivity index (χ1) is 20.6. The van der Waals surface area contributed by atoms with Gasteiger partial charge in [0.25, 0.3) is 0 Å². The Morgan fingerprint density at radius 3 is 2.05 bits per heavy atom. The van der Waals surface area contributed by atoms with Gasteiger partial charge in [0.15, 0.2) is 0 Å². The third kappa shape index (κ3) is 3.05. The molecular weight excluding hydrogens is 510 g/mol. The number of aromatic nitrogens is 2. The molecule has 0 spiro atoms.